The van der Waals surface area contributed by atoms with Crippen LogP contribution in [0.5, 0.6) is 0 Å². The maximum Gasteiger partial charge on any atom is 0.258 e. The summed E-state index contributed by atoms with van der Waals surface area (Å²) in [6.45, 7) is 9.99. The number of piperidine rings is 1. The Bertz CT molecular complexity index is 2330. The van der Waals surface area contributed by atoms with Crippen molar-refractivity contribution in [1.29, 1.82) is 0 Å². The number of carbonyl (C=O) groups is 3. The van der Waals surface area contributed by atoms with Crippen LogP contribution in [0.15, 0.2) is 54.7 Å². The number of benzene rings is 2. The van der Waals surface area contributed by atoms with Gasteiger partial charge >= 0.3 is 0 Å². The van der Waals surface area contributed by atoms with Gasteiger partial charge in [-0.1, -0.05) is 17.7 Å². The second kappa shape index (κ2) is 16.1. The average molecular weight is 781 g/mol. The summed E-state index contributed by atoms with van der Waals surface area (Å²) in [5, 5.41) is 5.30. The highest BCUT2D eigenvalue weighted by atomic mass is 19.1. The highest BCUT2D eigenvalue weighted by Crippen LogP contribution is 2.31. The molecule has 3 aromatic heterocycles. The van der Waals surface area contributed by atoms with E-state index in [9.17, 15) is 14.4 Å². The van der Waals surface area contributed by atoms with Crippen molar-refractivity contribution >= 4 is 34.7 Å². The van der Waals surface area contributed by atoms with Crippen LogP contribution in [0.3, 0.4) is 0 Å². The second-order valence-corrected chi connectivity index (χ2v) is 15.7. The standard InChI is InChI=1S/C42H47F2N9O4/c1-26-5-4-18-57-53-36(11-12-49(53)3)35-23-30(19-27(2)45-35)40(55)48-42-46-34-8-6-29(22-37(34)52(42)24-26)25-51-16-14-50(15-17-51)13-10-28-20-32(43)39(33(44)21-28)31-7-9-38(54)47-41(31)56/h6,8,11-12,19-23,26,31H,4-5,7,9-10,13-18,24-25H2,1-3H3,(H-,46,47,48,54,55,56)/p+1/t26-,31-/m1/s1. The number of imidazole rings is 1. The zero-order valence-electron chi connectivity index (χ0n) is 32.6. The molecule has 2 bridgehead atoms. The van der Waals surface area contributed by atoms with E-state index in [0.29, 0.717) is 54.6 Å². The molecule has 3 amide bonds. The highest BCUT2D eigenvalue weighted by molar-refractivity contribution is 6.05. The van der Waals surface area contributed by atoms with Gasteiger partial charge in [-0.3, -0.25) is 34.9 Å². The molecular formula is C42H48F2N9O4+. The fraction of sp³-hybridized carbons (Fsp3) is 0.429. The second-order valence-electron chi connectivity index (χ2n) is 15.7. The fourth-order valence-electron chi connectivity index (χ4n) is 8.25. The molecule has 8 rings (SSSR count). The molecule has 3 aliphatic heterocycles. The Hall–Kier alpha value is -5.54. The molecule has 2 saturated heterocycles. The minimum absolute atomic E-state index is 0.0582. The zero-order chi connectivity index (χ0) is 39.8. The summed E-state index contributed by atoms with van der Waals surface area (Å²) in [4.78, 5) is 59.8. The van der Waals surface area contributed by atoms with Crippen LogP contribution in [-0.2, 0) is 36.1 Å². The molecule has 6 heterocycles. The van der Waals surface area contributed by atoms with E-state index in [1.807, 2.05) is 37.0 Å². The number of aryl methyl sites for hydroxylation is 2. The van der Waals surface area contributed by atoms with Gasteiger partial charge in [-0.2, -0.15) is 0 Å². The van der Waals surface area contributed by atoms with Gasteiger partial charge < -0.3 is 14.3 Å². The molecular weight excluding hydrogens is 733 g/mol. The SMILES string of the molecule is Cc1cc2cc(n1)-c1cc[n+](C)n1OCCC[C@@H](C)Cn1c(nc3ccc(CN4CCN(CCc5cc(F)c([C@H]6CCC(=O)NC6=O)c(F)c5)CC4)cc31)NC2=O. The molecule has 15 heteroatoms. The Morgan fingerprint density at radius 3 is 2.46 bits per heavy atom. The van der Waals surface area contributed by atoms with Crippen molar-refractivity contribution in [1.82, 2.24) is 34.5 Å². The van der Waals surface area contributed by atoms with E-state index in [1.165, 1.54) is 12.1 Å². The van der Waals surface area contributed by atoms with E-state index in [1.54, 1.807) is 17.0 Å². The van der Waals surface area contributed by atoms with Gasteiger partial charge in [0, 0.05) is 80.0 Å². The van der Waals surface area contributed by atoms with E-state index in [2.05, 4.69) is 44.1 Å². The third-order valence-corrected chi connectivity index (χ3v) is 11.3. The topological polar surface area (TPSA) is 130 Å². The van der Waals surface area contributed by atoms with Gasteiger partial charge in [0.1, 0.15) is 18.2 Å². The van der Waals surface area contributed by atoms with Crippen molar-refractivity contribution in [3.05, 3.63) is 94.3 Å². The normalized spacial score (nSPS) is 19.9. The van der Waals surface area contributed by atoms with Crippen molar-refractivity contribution in [2.75, 3.05) is 44.6 Å². The number of nitrogens with one attached hydrogen (secondary N) is 2. The van der Waals surface area contributed by atoms with E-state index in [4.69, 9.17) is 14.8 Å². The highest BCUT2D eigenvalue weighted by Gasteiger charge is 2.33. The molecule has 13 nitrogen and oxygen atoms in total. The number of aromatic nitrogens is 5. The number of anilines is 1. The summed E-state index contributed by atoms with van der Waals surface area (Å²) in [5.41, 5.74) is 5.81. The molecule has 5 aromatic rings. The van der Waals surface area contributed by atoms with Crippen molar-refractivity contribution in [3.8, 4) is 11.4 Å². The summed E-state index contributed by atoms with van der Waals surface area (Å²) in [7, 11) is 1.91. The van der Waals surface area contributed by atoms with E-state index < -0.39 is 29.4 Å². The first-order chi connectivity index (χ1) is 27.5. The number of fused-ring (bicyclic) bond motifs is 7. The van der Waals surface area contributed by atoms with Gasteiger partial charge in [-0.25, -0.2) is 13.8 Å². The van der Waals surface area contributed by atoms with Crippen LogP contribution in [0.4, 0.5) is 14.7 Å². The lowest BCUT2D eigenvalue weighted by Crippen LogP contribution is -2.46. The van der Waals surface area contributed by atoms with Crippen LogP contribution in [-0.4, -0.2) is 86.2 Å². The Labute approximate surface area is 329 Å². The molecule has 0 unspecified atom stereocenters. The van der Waals surface area contributed by atoms with Crippen LogP contribution in [0.25, 0.3) is 22.4 Å². The minimum Gasteiger partial charge on any atom is -0.368 e. The zero-order valence-corrected chi connectivity index (χ0v) is 32.6. The van der Waals surface area contributed by atoms with Crippen LogP contribution in [0.2, 0.25) is 0 Å². The Balaban J connectivity index is 0.934. The quantitative estimate of drug-likeness (QED) is 0.193. The van der Waals surface area contributed by atoms with Crippen LogP contribution in [0.1, 0.15) is 71.3 Å². The summed E-state index contributed by atoms with van der Waals surface area (Å²) in [5.74, 6) is -3.05. The summed E-state index contributed by atoms with van der Waals surface area (Å²) in [6, 6.07) is 14.4. The molecule has 298 valence electrons. The number of rotatable bonds is 6. The van der Waals surface area contributed by atoms with Crippen LogP contribution < -0.4 is 20.2 Å². The van der Waals surface area contributed by atoms with Gasteiger partial charge in [-0.15, -0.1) is 0 Å². The third-order valence-electron chi connectivity index (χ3n) is 11.3. The number of pyridine rings is 1. The summed E-state index contributed by atoms with van der Waals surface area (Å²) >= 11 is 0. The number of hydrogen-bond donors (Lipinski definition) is 2. The number of piperazine rings is 1. The summed E-state index contributed by atoms with van der Waals surface area (Å²) in [6.07, 6.45) is 4.30. The Morgan fingerprint density at radius 2 is 1.68 bits per heavy atom. The lowest BCUT2D eigenvalue weighted by Gasteiger charge is -2.34. The smallest absolute Gasteiger partial charge is 0.258 e. The molecule has 0 aliphatic carbocycles. The molecule has 3 aliphatic rings. The molecule has 2 fully saturated rings. The number of amides is 3. The third kappa shape index (κ3) is 8.30. The first kappa shape index (κ1) is 38.3. The van der Waals surface area contributed by atoms with Crippen molar-refractivity contribution in [2.24, 2.45) is 13.0 Å². The van der Waals surface area contributed by atoms with E-state index in [-0.39, 0.29) is 30.2 Å². The monoisotopic (exact) mass is 780 g/mol. The predicted octanol–water partition coefficient (Wildman–Crippen LogP) is 4.30. The first-order valence-electron chi connectivity index (χ1n) is 19.8. The van der Waals surface area contributed by atoms with Crippen molar-refractivity contribution in [3.63, 3.8) is 0 Å². The predicted molar refractivity (Wildman–Crippen MR) is 208 cm³/mol. The van der Waals surface area contributed by atoms with Crippen molar-refractivity contribution in [2.45, 2.75) is 65.0 Å². The van der Waals surface area contributed by atoms with Crippen LogP contribution >= 0.6 is 0 Å². The number of imide groups is 1. The van der Waals surface area contributed by atoms with Gasteiger partial charge in [0.2, 0.25) is 17.8 Å². The summed E-state index contributed by atoms with van der Waals surface area (Å²) < 4.78 is 34.1. The Kier molecular flexibility index (Phi) is 10.9. The lowest BCUT2D eigenvalue weighted by molar-refractivity contribution is -0.777. The van der Waals surface area contributed by atoms with Crippen LogP contribution in [0, 0.1) is 24.5 Å². The largest absolute Gasteiger partial charge is 0.368 e. The molecule has 0 saturated carbocycles. The van der Waals surface area contributed by atoms with E-state index >= 15 is 8.78 Å². The molecule has 2 atom stereocenters. The number of halogens is 2. The van der Waals surface area contributed by atoms with Crippen molar-refractivity contribution < 1.29 is 32.7 Å². The van der Waals surface area contributed by atoms with Gasteiger partial charge in [0.05, 0.1) is 22.6 Å². The van der Waals surface area contributed by atoms with E-state index in [0.717, 1.165) is 67.9 Å². The fourth-order valence-corrected chi connectivity index (χ4v) is 8.25. The molecule has 0 spiro atoms. The Morgan fingerprint density at radius 1 is 0.912 bits per heavy atom. The average Bonchev–Trinajstić information content (AvgIpc) is 3.71. The van der Waals surface area contributed by atoms with Gasteiger partial charge in [0.25, 0.3) is 5.91 Å². The molecule has 2 N–H and O–H groups in total. The van der Waals surface area contributed by atoms with Gasteiger partial charge in [0.15, 0.2) is 18.9 Å². The van der Waals surface area contributed by atoms with Gasteiger partial charge in [-0.05, 0) is 86.1 Å². The maximum absolute atomic E-state index is 15.1. The number of nitrogens with zero attached hydrogens (tertiary/aromatic N) is 7. The maximum atomic E-state index is 15.1. The molecule has 2 aromatic carbocycles. The first-order valence-corrected chi connectivity index (χ1v) is 19.8. The lowest BCUT2D eigenvalue weighted by atomic mass is 9.89. The number of hydrogen-bond acceptors (Lipinski definition) is 8. The molecule has 57 heavy (non-hydrogen) atoms. The molecule has 0 radical (unpaired) electrons. The number of carbonyl (C=O) groups excluding carboxylic acids is 3. The minimum atomic E-state index is -1.00.